The summed E-state index contributed by atoms with van der Waals surface area (Å²) >= 11 is 3.96. The summed E-state index contributed by atoms with van der Waals surface area (Å²) in [5.41, 5.74) is 5.17. The number of nitrogens with one attached hydrogen (secondary N) is 3. The zero-order valence-corrected chi connectivity index (χ0v) is 16.0. The number of rotatable bonds is 11. The molecule has 7 N–H and O–H groups in total. The zero-order chi connectivity index (χ0) is 20.4. The van der Waals surface area contributed by atoms with Gasteiger partial charge in [-0.15, -0.1) is 0 Å². The van der Waals surface area contributed by atoms with Gasteiger partial charge in [-0.1, -0.05) is 20.3 Å². The van der Waals surface area contributed by atoms with E-state index >= 15 is 0 Å². The zero-order valence-electron chi connectivity index (χ0n) is 15.1. The lowest BCUT2D eigenvalue weighted by Crippen LogP contribution is -2.60. The molecule has 0 spiro atoms. The van der Waals surface area contributed by atoms with Gasteiger partial charge in [0.2, 0.25) is 17.7 Å². The maximum Gasteiger partial charge on any atom is 0.326 e. The first-order chi connectivity index (χ1) is 12.1. The molecule has 10 nitrogen and oxygen atoms in total. The molecule has 3 amide bonds. The second kappa shape index (κ2) is 11.7. The van der Waals surface area contributed by atoms with Crippen LogP contribution in [0.15, 0.2) is 0 Å². The molecule has 11 heteroatoms. The maximum atomic E-state index is 12.4. The van der Waals surface area contributed by atoms with Crippen molar-refractivity contribution >= 4 is 36.3 Å². The molecule has 0 aromatic heterocycles. The van der Waals surface area contributed by atoms with Crippen LogP contribution >= 0.6 is 12.6 Å². The Morgan fingerprint density at radius 2 is 1.58 bits per heavy atom. The molecule has 26 heavy (non-hydrogen) atoms. The van der Waals surface area contributed by atoms with Gasteiger partial charge in [0.15, 0.2) is 0 Å². The number of aliphatic hydroxyl groups excluding tert-OH is 1. The molecule has 0 aliphatic rings. The molecule has 0 aliphatic carbocycles. The van der Waals surface area contributed by atoms with Crippen molar-refractivity contribution in [3.05, 3.63) is 0 Å². The van der Waals surface area contributed by atoms with Gasteiger partial charge in [-0.3, -0.25) is 14.4 Å². The Balaban J connectivity index is 5.16. The van der Waals surface area contributed by atoms with Crippen LogP contribution in [0, 0.1) is 5.92 Å². The van der Waals surface area contributed by atoms with E-state index < -0.39 is 47.9 Å². The third-order valence-electron chi connectivity index (χ3n) is 3.86. The van der Waals surface area contributed by atoms with Crippen molar-refractivity contribution in [3.8, 4) is 0 Å². The lowest BCUT2D eigenvalue weighted by molar-refractivity contribution is -0.144. The molecular weight excluding hydrogens is 364 g/mol. The standard InChI is InChI=1S/C15H28N4O6S/c1-4-7(2)11(15(24)25)18-14(23)12(8(3)20)19-13(22)9(6-26)17-10(21)5-16/h7-9,11-12,20,26H,4-6,16H2,1-3H3,(H,17,21)(H,18,23)(H,19,22)(H,24,25). The summed E-state index contributed by atoms with van der Waals surface area (Å²) in [6, 6.07) is -3.62. The second-order valence-corrected chi connectivity index (χ2v) is 6.31. The third kappa shape index (κ3) is 7.58. The summed E-state index contributed by atoms with van der Waals surface area (Å²) in [5, 5.41) is 26.0. The van der Waals surface area contributed by atoms with E-state index in [1.807, 2.05) is 0 Å². The fourth-order valence-electron chi connectivity index (χ4n) is 2.03. The van der Waals surface area contributed by atoms with Gasteiger partial charge in [0, 0.05) is 5.75 Å². The normalized spacial score (nSPS) is 16.5. The van der Waals surface area contributed by atoms with Crippen LogP contribution in [-0.4, -0.2) is 70.4 Å². The van der Waals surface area contributed by atoms with Crippen LogP contribution in [0.1, 0.15) is 27.2 Å². The van der Waals surface area contributed by atoms with Crippen LogP contribution in [0.25, 0.3) is 0 Å². The number of hydrogen-bond acceptors (Lipinski definition) is 7. The van der Waals surface area contributed by atoms with E-state index in [1.54, 1.807) is 13.8 Å². The molecule has 0 heterocycles. The highest BCUT2D eigenvalue weighted by molar-refractivity contribution is 7.80. The number of hydrogen-bond donors (Lipinski definition) is 7. The second-order valence-electron chi connectivity index (χ2n) is 5.94. The highest BCUT2D eigenvalue weighted by atomic mass is 32.1. The maximum absolute atomic E-state index is 12.4. The van der Waals surface area contributed by atoms with Gasteiger partial charge < -0.3 is 31.9 Å². The minimum atomic E-state index is -1.40. The fourth-order valence-corrected chi connectivity index (χ4v) is 2.29. The van der Waals surface area contributed by atoms with E-state index in [4.69, 9.17) is 5.73 Å². The van der Waals surface area contributed by atoms with E-state index in [0.717, 1.165) is 0 Å². The molecule has 0 aromatic carbocycles. The first-order valence-corrected chi connectivity index (χ1v) is 8.84. The number of amides is 3. The number of thiol groups is 1. The number of nitrogens with two attached hydrogens (primary N) is 1. The van der Waals surface area contributed by atoms with E-state index in [1.165, 1.54) is 6.92 Å². The first kappa shape index (κ1) is 24.1. The van der Waals surface area contributed by atoms with Gasteiger partial charge in [0.1, 0.15) is 18.1 Å². The average Bonchev–Trinajstić information content (AvgIpc) is 2.59. The molecule has 0 saturated heterocycles. The molecule has 0 rings (SSSR count). The predicted octanol–water partition coefficient (Wildman–Crippen LogP) is -2.16. The molecule has 5 unspecified atom stereocenters. The number of aliphatic carboxylic acids is 1. The van der Waals surface area contributed by atoms with Crippen LogP contribution in [-0.2, 0) is 19.2 Å². The minimum Gasteiger partial charge on any atom is -0.480 e. The van der Waals surface area contributed by atoms with Crippen LogP contribution in [0.4, 0.5) is 0 Å². The van der Waals surface area contributed by atoms with Gasteiger partial charge in [0.05, 0.1) is 12.6 Å². The summed E-state index contributed by atoms with van der Waals surface area (Å²) < 4.78 is 0. The van der Waals surface area contributed by atoms with E-state index in [2.05, 4.69) is 28.6 Å². The fraction of sp³-hybridized carbons (Fsp3) is 0.733. The Kier molecular flexibility index (Phi) is 10.9. The highest BCUT2D eigenvalue weighted by Gasteiger charge is 2.33. The van der Waals surface area contributed by atoms with Crippen LogP contribution in [0.2, 0.25) is 0 Å². The van der Waals surface area contributed by atoms with Crippen molar-refractivity contribution in [2.75, 3.05) is 12.3 Å². The molecule has 0 fully saturated rings. The summed E-state index contributed by atoms with van der Waals surface area (Å²) in [5.74, 6) is -3.80. The van der Waals surface area contributed by atoms with Gasteiger partial charge in [-0.2, -0.15) is 12.6 Å². The van der Waals surface area contributed by atoms with Gasteiger partial charge in [0.25, 0.3) is 0 Å². The minimum absolute atomic E-state index is 0.0592. The Labute approximate surface area is 157 Å². The number of carboxylic acids is 1. The highest BCUT2D eigenvalue weighted by Crippen LogP contribution is 2.09. The van der Waals surface area contributed by atoms with Crippen molar-refractivity contribution in [1.82, 2.24) is 16.0 Å². The molecule has 5 atom stereocenters. The Morgan fingerprint density at radius 3 is 1.96 bits per heavy atom. The van der Waals surface area contributed by atoms with Gasteiger partial charge in [-0.05, 0) is 12.8 Å². The van der Waals surface area contributed by atoms with Crippen molar-refractivity contribution in [3.63, 3.8) is 0 Å². The van der Waals surface area contributed by atoms with Gasteiger partial charge >= 0.3 is 5.97 Å². The number of carbonyl (C=O) groups is 4. The lowest BCUT2D eigenvalue weighted by Gasteiger charge is -2.27. The van der Waals surface area contributed by atoms with Crippen molar-refractivity contribution in [2.45, 2.75) is 51.4 Å². The summed E-state index contributed by atoms with van der Waals surface area (Å²) in [4.78, 5) is 47.2. The van der Waals surface area contributed by atoms with Crippen molar-refractivity contribution in [2.24, 2.45) is 11.7 Å². The molecule has 0 bridgehead atoms. The number of carboxylic acid groups (broad SMARTS) is 1. The quantitative estimate of drug-likeness (QED) is 0.196. The summed E-state index contributed by atoms with van der Waals surface area (Å²) in [7, 11) is 0. The molecule has 0 aromatic rings. The van der Waals surface area contributed by atoms with Crippen LogP contribution in [0.5, 0.6) is 0 Å². The molecule has 0 radical (unpaired) electrons. The lowest BCUT2D eigenvalue weighted by atomic mass is 9.98. The summed E-state index contributed by atoms with van der Waals surface area (Å²) in [6.07, 6.45) is -0.786. The SMILES string of the molecule is CCC(C)C(NC(=O)C(NC(=O)C(CS)NC(=O)CN)C(C)O)C(=O)O. The van der Waals surface area contributed by atoms with Gasteiger partial charge in [-0.25, -0.2) is 4.79 Å². The first-order valence-electron chi connectivity index (χ1n) is 8.20. The number of aliphatic hydroxyl groups is 1. The van der Waals surface area contributed by atoms with Crippen LogP contribution in [0.3, 0.4) is 0 Å². The van der Waals surface area contributed by atoms with Crippen molar-refractivity contribution < 1.29 is 29.4 Å². The Morgan fingerprint density at radius 1 is 1.04 bits per heavy atom. The van der Waals surface area contributed by atoms with Crippen molar-refractivity contribution in [1.29, 1.82) is 0 Å². The average molecular weight is 392 g/mol. The topological polar surface area (TPSA) is 171 Å². The number of carbonyl (C=O) groups excluding carboxylic acids is 3. The van der Waals surface area contributed by atoms with E-state index in [0.29, 0.717) is 6.42 Å². The monoisotopic (exact) mass is 392 g/mol. The third-order valence-corrected chi connectivity index (χ3v) is 4.22. The molecule has 150 valence electrons. The Bertz CT molecular complexity index is 516. The van der Waals surface area contributed by atoms with E-state index in [9.17, 15) is 29.4 Å². The largest absolute Gasteiger partial charge is 0.480 e. The molecular formula is C15H28N4O6S. The van der Waals surface area contributed by atoms with Crippen LogP contribution < -0.4 is 21.7 Å². The predicted molar refractivity (Wildman–Crippen MR) is 97.5 cm³/mol. The Hall–Kier alpha value is -1.85. The molecule has 0 aliphatic heterocycles. The van der Waals surface area contributed by atoms with E-state index in [-0.39, 0.29) is 18.2 Å². The molecule has 0 saturated carbocycles. The smallest absolute Gasteiger partial charge is 0.326 e. The summed E-state index contributed by atoms with van der Waals surface area (Å²) in [6.45, 7) is 4.39.